The third-order valence-electron chi connectivity index (χ3n) is 2.98. The van der Waals surface area contributed by atoms with Crippen LogP contribution in [0, 0.1) is 11.3 Å². The highest BCUT2D eigenvalue weighted by Crippen LogP contribution is 2.23. The van der Waals surface area contributed by atoms with Gasteiger partial charge in [-0.25, -0.2) is 8.42 Å². The van der Waals surface area contributed by atoms with Gasteiger partial charge in [0, 0.05) is 5.69 Å². The Morgan fingerprint density at radius 1 is 1.19 bits per heavy atom. The molecule has 21 heavy (non-hydrogen) atoms. The van der Waals surface area contributed by atoms with Crippen LogP contribution in [0.3, 0.4) is 0 Å². The van der Waals surface area contributed by atoms with Gasteiger partial charge >= 0.3 is 0 Å². The lowest BCUT2D eigenvalue weighted by Crippen LogP contribution is -2.11. The molecule has 0 saturated carbocycles. The van der Waals surface area contributed by atoms with Gasteiger partial charge in [-0.2, -0.15) is 5.26 Å². The van der Waals surface area contributed by atoms with Gasteiger partial charge in [0.15, 0.2) is 0 Å². The topological polar surface area (TPSA) is 70.0 Å². The van der Waals surface area contributed by atoms with E-state index in [0.29, 0.717) is 10.6 Å². The third-order valence-corrected chi connectivity index (χ3v) is 5.84. The number of nitriles is 1. The summed E-state index contributed by atoms with van der Waals surface area (Å²) in [6, 6.07) is 12.3. The van der Waals surface area contributed by atoms with Gasteiger partial charge in [-0.15, -0.1) is 11.3 Å². The SMILES string of the molecule is CCCCc1ccc(NS(=O)(=O)c2ccc(C#N)s2)cc1. The van der Waals surface area contributed by atoms with Crippen LogP contribution < -0.4 is 4.72 Å². The minimum absolute atomic E-state index is 0.147. The molecule has 6 heteroatoms. The first kappa shape index (κ1) is 15.5. The number of hydrogen-bond acceptors (Lipinski definition) is 4. The number of hydrogen-bond donors (Lipinski definition) is 1. The molecule has 0 amide bonds. The molecule has 2 rings (SSSR count). The Kier molecular flexibility index (Phi) is 4.99. The number of benzene rings is 1. The van der Waals surface area contributed by atoms with Gasteiger partial charge in [0.1, 0.15) is 15.2 Å². The molecule has 1 aromatic heterocycles. The van der Waals surface area contributed by atoms with Crippen LogP contribution in [0.5, 0.6) is 0 Å². The highest BCUT2D eigenvalue weighted by Gasteiger charge is 2.16. The predicted octanol–water partition coefficient (Wildman–Crippen LogP) is 3.76. The standard InChI is InChI=1S/C15H16N2O2S2/c1-2-3-4-12-5-7-13(8-6-12)17-21(18,19)15-10-9-14(11-16)20-15/h5-10,17H,2-4H2,1H3. The zero-order valence-electron chi connectivity index (χ0n) is 11.7. The zero-order chi connectivity index (χ0) is 15.3. The van der Waals surface area contributed by atoms with E-state index in [1.165, 1.54) is 17.7 Å². The van der Waals surface area contributed by atoms with E-state index in [2.05, 4.69) is 11.6 Å². The lowest BCUT2D eigenvalue weighted by Gasteiger charge is -2.07. The van der Waals surface area contributed by atoms with Crippen molar-refractivity contribution in [3.8, 4) is 6.07 Å². The van der Waals surface area contributed by atoms with Crippen LogP contribution in [0.1, 0.15) is 30.2 Å². The van der Waals surface area contributed by atoms with Gasteiger partial charge in [0.25, 0.3) is 10.0 Å². The molecule has 110 valence electrons. The summed E-state index contributed by atoms with van der Waals surface area (Å²) >= 11 is 0.962. The molecule has 0 spiro atoms. The normalized spacial score (nSPS) is 11.0. The molecule has 4 nitrogen and oxygen atoms in total. The van der Waals surface area contributed by atoms with Crippen LogP contribution in [-0.2, 0) is 16.4 Å². The molecule has 0 saturated heterocycles. The molecule has 2 aromatic rings. The summed E-state index contributed by atoms with van der Waals surface area (Å²) in [6.07, 6.45) is 3.26. The molecule has 1 aromatic carbocycles. The first-order valence-electron chi connectivity index (χ1n) is 6.67. The van der Waals surface area contributed by atoms with Crippen LogP contribution in [0.25, 0.3) is 0 Å². The van der Waals surface area contributed by atoms with E-state index < -0.39 is 10.0 Å². The van der Waals surface area contributed by atoms with E-state index in [9.17, 15) is 8.42 Å². The number of sulfonamides is 1. The number of unbranched alkanes of at least 4 members (excludes halogenated alkanes) is 1. The molecule has 0 aliphatic heterocycles. The molecule has 0 unspecified atom stereocenters. The smallest absolute Gasteiger partial charge is 0.271 e. The maximum atomic E-state index is 12.2. The second-order valence-corrected chi connectivity index (χ2v) is 7.63. The highest BCUT2D eigenvalue weighted by molar-refractivity contribution is 7.94. The first-order valence-corrected chi connectivity index (χ1v) is 8.97. The maximum Gasteiger partial charge on any atom is 0.271 e. The summed E-state index contributed by atoms with van der Waals surface area (Å²) in [5.41, 5.74) is 1.73. The molecule has 0 radical (unpaired) electrons. The highest BCUT2D eigenvalue weighted by atomic mass is 32.2. The Morgan fingerprint density at radius 3 is 2.48 bits per heavy atom. The van der Waals surface area contributed by atoms with Crippen molar-refractivity contribution in [3.63, 3.8) is 0 Å². The average molecular weight is 320 g/mol. The van der Waals surface area contributed by atoms with Gasteiger partial charge in [-0.05, 0) is 42.7 Å². The van der Waals surface area contributed by atoms with E-state index in [1.807, 2.05) is 18.2 Å². The quantitative estimate of drug-likeness (QED) is 0.881. The molecular weight excluding hydrogens is 304 g/mol. The molecule has 0 aliphatic carbocycles. The van der Waals surface area contributed by atoms with Gasteiger partial charge in [-0.1, -0.05) is 25.5 Å². The van der Waals surface area contributed by atoms with Crippen LogP contribution in [0.4, 0.5) is 5.69 Å². The fourth-order valence-corrected chi connectivity index (χ4v) is 4.01. The fourth-order valence-electron chi connectivity index (χ4n) is 1.85. The van der Waals surface area contributed by atoms with Gasteiger partial charge < -0.3 is 0 Å². The van der Waals surface area contributed by atoms with Crippen molar-refractivity contribution in [1.82, 2.24) is 0 Å². The van der Waals surface area contributed by atoms with Crippen LogP contribution in [0.2, 0.25) is 0 Å². The van der Waals surface area contributed by atoms with E-state index in [-0.39, 0.29) is 4.21 Å². The Bertz CT molecular complexity index is 741. The largest absolute Gasteiger partial charge is 0.279 e. The molecule has 0 fully saturated rings. The summed E-state index contributed by atoms with van der Waals surface area (Å²) in [5.74, 6) is 0. The van der Waals surface area contributed by atoms with Gasteiger partial charge in [-0.3, -0.25) is 4.72 Å². The summed E-state index contributed by atoms with van der Waals surface area (Å²) in [7, 11) is -3.61. The number of nitrogens with one attached hydrogen (secondary N) is 1. The number of thiophene rings is 1. The monoisotopic (exact) mass is 320 g/mol. The Labute approximate surface area is 129 Å². The Hall–Kier alpha value is -1.84. The van der Waals surface area contributed by atoms with Gasteiger partial charge in [0.2, 0.25) is 0 Å². The number of aryl methyl sites for hydroxylation is 1. The van der Waals surface area contributed by atoms with Crippen molar-refractivity contribution < 1.29 is 8.42 Å². The third kappa shape index (κ3) is 4.06. The summed E-state index contributed by atoms with van der Waals surface area (Å²) in [5, 5.41) is 8.75. The van der Waals surface area contributed by atoms with Crippen molar-refractivity contribution in [2.45, 2.75) is 30.4 Å². The second kappa shape index (κ2) is 6.74. The van der Waals surface area contributed by atoms with E-state index >= 15 is 0 Å². The zero-order valence-corrected chi connectivity index (χ0v) is 13.3. The average Bonchev–Trinajstić information content (AvgIpc) is 2.96. The Morgan fingerprint density at radius 2 is 1.90 bits per heavy atom. The van der Waals surface area contributed by atoms with Crippen molar-refractivity contribution in [2.24, 2.45) is 0 Å². The van der Waals surface area contributed by atoms with Gasteiger partial charge in [0.05, 0.1) is 0 Å². The summed E-state index contributed by atoms with van der Waals surface area (Å²) < 4.78 is 27.0. The Balaban J connectivity index is 2.11. The van der Waals surface area contributed by atoms with E-state index in [1.54, 1.807) is 12.1 Å². The predicted molar refractivity (Wildman–Crippen MR) is 84.9 cm³/mol. The van der Waals surface area contributed by atoms with Crippen molar-refractivity contribution in [1.29, 1.82) is 5.26 Å². The van der Waals surface area contributed by atoms with Crippen molar-refractivity contribution in [2.75, 3.05) is 4.72 Å². The summed E-state index contributed by atoms with van der Waals surface area (Å²) in [6.45, 7) is 2.14. The number of rotatable bonds is 6. The summed E-state index contributed by atoms with van der Waals surface area (Å²) in [4.78, 5) is 0.380. The second-order valence-electron chi connectivity index (χ2n) is 4.64. The molecule has 0 bridgehead atoms. The first-order chi connectivity index (χ1) is 10.0. The van der Waals surface area contributed by atoms with Crippen LogP contribution >= 0.6 is 11.3 Å². The molecule has 0 aliphatic rings. The molecule has 1 heterocycles. The molecule has 1 N–H and O–H groups in total. The lowest BCUT2D eigenvalue weighted by atomic mass is 10.1. The minimum Gasteiger partial charge on any atom is -0.279 e. The van der Waals surface area contributed by atoms with Crippen LogP contribution in [-0.4, -0.2) is 8.42 Å². The lowest BCUT2D eigenvalue weighted by molar-refractivity contribution is 0.603. The van der Waals surface area contributed by atoms with Crippen LogP contribution in [0.15, 0.2) is 40.6 Å². The maximum absolute atomic E-state index is 12.2. The fraction of sp³-hybridized carbons (Fsp3) is 0.267. The number of nitrogens with zero attached hydrogens (tertiary/aromatic N) is 1. The van der Waals surface area contributed by atoms with Crippen molar-refractivity contribution >= 4 is 27.0 Å². The minimum atomic E-state index is -3.61. The van der Waals surface area contributed by atoms with E-state index in [0.717, 1.165) is 30.6 Å². The molecule has 0 atom stereocenters. The number of anilines is 1. The molecular formula is C15H16N2O2S2. The van der Waals surface area contributed by atoms with Crippen molar-refractivity contribution in [3.05, 3.63) is 46.8 Å². The van der Waals surface area contributed by atoms with E-state index in [4.69, 9.17) is 5.26 Å².